The van der Waals surface area contributed by atoms with Crippen molar-refractivity contribution in [3.05, 3.63) is 93.6 Å². The highest BCUT2D eigenvalue weighted by molar-refractivity contribution is 14.1. The number of carbonyl (C=O) groups is 1. The van der Waals surface area contributed by atoms with Crippen LogP contribution < -0.4 is 8.92 Å². The average molecular weight is 596 g/mol. The second kappa shape index (κ2) is 11.6. The van der Waals surface area contributed by atoms with Gasteiger partial charge >= 0.3 is 16.1 Å². The second-order valence-electron chi connectivity index (χ2n) is 6.85. The lowest BCUT2D eigenvalue weighted by Crippen LogP contribution is -2.10. The standard InChI is InChI=1S/C24H21IO6S2/c1-33(28,29)31-22-10-6-5-9-20(22)19(17-7-3-2-4-8-17)13-14-32-18-11-12-23(21(25)15-18)30-16-24(26)27/h2-13,15H,14,16H2,1H3,(H,26,27). The van der Waals surface area contributed by atoms with Gasteiger partial charge in [-0.15, -0.1) is 11.8 Å². The summed E-state index contributed by atoms with van der Waals surface area (Å²) >= 11 is 3.71. The molecule has 0 atom stereocenters. The molecule has 0 unspecified atom stereocenters. The highest BCUT2D eigenvalue weighted by Gasteiger charge is 2.14. The predicted molar refractivity (Wildman–Crippen MR) is 138 cm³/mol. The van der Waals surface area contributed by atoms with E-state index in [4.69, 9.17) is 14.0 Å². The molecular formula is C24H21IO6S2. The van der Waals surface area contributed by atoms with Crippen molar-refractivity contribution < 1.29 is 27.2 Å². The number of carboxylic acids is 1. The lowest BCUT2D eigenvalue weighted by Gasteiger charge is -2.14. The Bertz CT molecular complexity index is 1260. The summed E-state index contributed by atoms with van der Waals surface area (Å²) in [5.41, 5.74) is 2.48. The first-order valence-electron chi connectivity index (χ1n) is 9.74. The van der Waals surface area contributed by atoms with Crippen LogP contribution in [0.3, 0.4) is 0 Å². The van der Waals surface area contributed by atoms with Crippen molar-refractivity contribution in [3.63, 3.8) is 0 Å². The molecule has 0 aliphatic rings. The van der Waals surface area contributed by atoms with Gasteiger partial charge in [0.2, 0.25) is 0 Å². The smallest absolute Gasteiger partial charge is 0.341 e. The molecule has 0 saturated heterocycles. The largest absolute Gasteiger partial charge is 0.481 e. The van der Waals surface area contributed by atoms with E-state index in [1.165, 1.54) is 0 Å². The summed E-state index contributed by atoms with van der Waals surface area (Å²) in [7, 11) is -3.68. The number of hydrogen-bond acceptors (Lipinski definition) is 6. The number of thioether (sulfide) groups is 1. The number of halogens is 1. The van der Waals surface area contributed by atoms with Crippen molar-refractivity contribution in [1.82, 2.24) is 0 Å². The summed E-state index contributed by atoms with van der Waals surface area (Å²) in [5, 5.41) is 8.78. The first-order valence-corrected chi connectivity index (χ1v) is 13.6. The van der Waals surface area contributed by atoms with E-state index in [0.717, 1.165) is 25.9 Å². The number of hydrogen-bond donors (Lipinski definition) is 1. The molecule has 6 nitrogen and oxygen atoms in total. The van der Waals surface area contributed by atoms with E-state index in [0.29, 0.717) is 17.1 Å². The maximum Gasteiger partial charge on any atom is 0.341 e. The van der Waals surface area contributed by atoms with Crippen LogP contribution in [-0.4, -0.2) is 38.1 Å². The monoisotopic (exact) mass is 596 g/mol. The third-order valence-electron chi connectivity index (χ3n) is 4.30. The summed E-state index contributed by atoms with van der Waals surface area (Å²) < 4.78 is 34.9. The molecule has 0 radical (unpaired) electrons. The van der Waals surface area contributed by atoms with E-state index in [9.17, 15) is 13.2 Å². The molecule has 0 bridgehead atoms. The Balaban J connectivity index is 1.86. The normalized spacial score (nSPS) is 11.8. The highest BCUT2D eigenvalue weighted by Crippen LogP contribution is 2.33. The summed E-state index contributed by atoms with van der Waals surface area (Å²) in [6.07, 6.45) is 3.06. The van der Waals surface area contributed by atoms with Crippen LogP contribution >= 0.6 is 34.4 Å². The summed E-state index contributed by atoms with van der Waals surface area (Å²) in [6, 6.07) is 22.3. The number of rotatable bonds is 10. The minimum Gasteiger partial charge on any atom is -0.481 e. The number of aliphatic carboxylic acids is 1. The van der Waals surface area contributed by atoms with Crippen molar-refractivity contribution in [2.24, 2.45) is 0 Å². The zero-order valence-corrected chi connectivity index (χ0v) is 21.4. The topological polar surface area (TPSA) is 89.9 Å². The molecule has 0 spiro atoms. The molecular weight excluding hydrogens is 575 g/mol. The van der Waals surface area contributed by atoms with E-state index in [2.05, 4.69) is 22.6 Å². The van der Waals surface area contributed by atoms with Crippen LogP contribution in [0.2, 0.25) is 0 Å². The Hall–Kier alpha value is -2.50. The van der Waals surface area contributed by atoms with E-state index in [1.54, 1.807) is 30.0 Å². The van der Waals surface area contributed by atoms with E-state index < -0.39 is 16.1 Å². The van der Waals surface area contributed by atoms with Crippen LogP contribution in [0.15, 0.2) is 83.8 Å². The lowest BCUT2D eigenvalue weighted by atomic mass is 9.97. The van der Waals surface area contributed by atoms with E-state index in [-0.39, 0.29) is 12.4 Å². The summed E-state index contributed by atoms with van der Waals surface area (Å²) in [6.45, 7) is -0.388. The Kier molecular flexibility index (Phi) is 8.81. The van der Waals surface area contributed by atoms with Gasteiger partial charge in [0.1, 0.15) is 11.5 Å². The Morgan fingerprint density at radius 1 is 1.03 bits per heavy atom. The van der Waals surface area contributed by atoms with Crippen molar-refractivity contribution in [3.8, 4) is 11.5 Å². The molecule has 33 heavy (non-hydrogen) atoms. The Morgan fingerprint density at radius 2 is 1.73 bits per heavy atom. The Morgan fingerprint density at radius 3 is 2.39 bits per heavy atom. The molecule has 0 aromatic heterocycles. The zero-order chi connectivity index (χ0) is 23.8. The van der Waals surface area contributed by atoms with E-state index in [1.807, 2.05) is 60.7 Å². The van der Waals surface area contributed by atoms with Crippen LogP contribution in [0.4, 0.5) is 0 Å². The SMILES string of the molecule is CS(=O)(=O)Oc1ccccc1C(=CCSc1ccc(OCC(=O)O)c(I)c1)c1ccccc1. The Labute approximate surface area is 210 Å². The van der Waals surface area contributed by atoms with Crippen molar-refractivity contribution >= 4 is 56.0 Å². The minimum atomic E-state index is -3.68. The first-order chi connectivity index (χ1) is 15.7. The van der Waals surface area contributed by atoms with Gasteiger partial charge in [0.25, 0.3) is 0 Å². The molecule has 0 saturated carbocycles. The van der Waals surface area contributed by atoms with Crippen molar-refractivity contribution in [2.45, 2.75) is 4.90 Å². The van der Waals surface area contributed by atoms with Gasteiger partial charge < -0.3 is 14.0 Å². The number of para-hydroxylation sites is 1. The van der Waals surface area contributed by atoms with Crippen molar-refractivity contribution in [1.29, 1.82) is 0 Å². The van der Waals surface area contributed by atoms with Crippen LogP contribution in [0, 0.1) is 3.57 Å². The van der Waals surface area contributed by atoms with Crippen LogP contribution in [0.1, 0.15) is 11.1 Å². The van der Waals surface area contributed by atoms with Crippen molar-refractivity contribution in [2.75, 3.05) is 18.6 Å². The second-order valence-corrected chi connectivity index (χ2v) is 10.7. The fraction of sp³-hybridized carbons (Fsp3) is 0.125. The average Bonchev–Trinajstić information content (AvgIpc) is 2.76. The third kappa shape index (κ3) is 7.79. The highest BCUT2D eigenvalue weighted by atomic mass is 127. The molecule has 172 valence electrons. The molecule has 3 rings (SSSR count). The zero-order valence-electron chi connectivity index (χ0n) is 17.6. The number of benzene rings is 3. The van der Waals surface area contributed by atoms with Gasteiger partial charge in [0, 0.05) is 16.2 Å². The maximum absolute atomic E-state index is 11.8. The predicted octanol–water partition coefficient (Wildman–Crippen LogP) is 5.32. The van der Waals surface area contributed by atoms with Gasteiger partial charge in [-0.2, -0.15) is 8.42 Å². The molecule has 0 amide bonds. The fourth-order valence-corrected chi connectivity index (χ4v) is 5.14. The van der Waals surface area contributed by atoms with Crippen LogP contribution in [-0.2, 0) is 14.9 Å². The minimum absolute atomic E-state index is 0.273. The van der Waals surface area contributed by atoms with E-state index >= 15 is 0 Å². The summed E-state index contributed by atoms with van der Waals surface area (Å²) in [4.78, 5) is 11.7. The fourth-order valence-electron chi connectivity index (χ4n) is 2.98. The molecule has 1 N–H and O–H groups in total. The third-order valence-corrected chi connectivity index (χ3v) is 6.54. The quantitative estimate of drug-likeness (QED) is 0.193. The van der Waals surface area contributed by atoms with Gasteiger partial charge in [-0.3, -0.25) is 0 Å². The number of carboxylic acid groups (broad SMARTS) is 1. The molecule has 3 aromatic rings. The molecule has 0 aliphatic carbocycles. The van der Waals surface area contributed by atoms with Crippen LogP contribution in [0.5, 0.6) is 11.5 Å². The molecule has 0 heterocycles. The molecule has 9 heteroatoms. The lowest BCUT2D eigenvalue weighted by molar-refractivity contribution is -0.139. The first kappa shape index (κ1) is 25.1. The number of ether oxygens (including phenoxy) is 1. The van der Waals surface area contributed by atoms with Crippen LogP contribution in [0.25, 0.3) is 5.57 Å². The molecule has 0 aliphatic heterocycles. The van der Waals surface area contributed by atoms with Gasteiger partial charge in [-0.25, -0.2) is 4.79 Å². The van der Waals surface area contributed by atoms with Gasteiger partial charge in [-0.1, -0.05) is 54.6 Å². The van der Waals surface area contributed by atoms with Gasteiger partial charge in [0.15, 0.2) is 6.61 Å². The molecule has 3 aromatic carbocycles. The van der Waals surface area contributed by atoms with Gasteiger partial charge in [-0.05, 0) is 58.0 Å². The van der Waals surface area contributed by atoms with Gasteiger partial charge in [0.05, 0.1) is 9.83 Å². The summed E-state index contributed by atoms with van der Waals surface area (Å²) in [5.74, 6) is 0.385. The maximum atomic E-state index is 11.8. The molecule has 0 fully saturated rings.